The average molecular weight is 255 g/mol. The van der Waals surface area contributed by atoms with Crippen LogP contribution >= 0.6 is 0 Å². The maximum Gasteiger partial charge on any atom is 0.164 e. The van der Waals surface area contributed by atoms with E-state index in [4.69, 9.17) is 10.5 Å². The number of nitrogen functional groups attached to an aromatic ring is 1. The lowest BCUT2D eigenvalue weighted by Gasteiger charge is -2.15. The largest absolute Gasteiger partial charge is 0.384 e. The molecule has 0 radical (unpaired) electrons. The molecule has 4 heteroatoms. The van der Waals surface area contributed by atoms with E-state index >= 15 is 0 Å². The number of aromatic nitrogens is 2. The Bertz CT molecular complexity index is 567. The number of benzene rings is 1. The van der Waals surface area contributed by atoms with Crippen molar-refractivity contribution in [3.8, 4) is 0 Å². The zero-order valence-electron chi connectivity index (χ0n) is 10.9. The van der Waals surface area contributed by atoms with Crippen molar-refractivity contribution in [2.24, 2.45) is 0 Å². The van der Waals surface area contributed by atoms with Crippen molar-refractivity contribution in [1.29, 1.82) is 0 Å². The highest BCUT2D eigenvalue weighted by Gasteiger charge is 2.27. The SMILES string of the molecule is COC(c1ccccc1)c1nc(N)cc(C2CC2)n1. The molecule has 1 fully saturated rings. The second-order valence-corrected chi connectivity index (χ2v) is 4.88. The number of ether oxygens (including phenoxy) is 1. The highest BCUT2D eigenvalue weighted by Crippen LogP contribution is 2.40. The fourth-order valence-electron chi connectivity index (χ4n) is 2.23. The van der Waals surface area contributed by atoms with Gasteiger partial charge in [0, 0.05) is 24.8 Å². The molecule has 2 aromatic rings. The molecule has 0 bridgehead atoms. The maximum absolute atomic E-state index is 5.89. The molecule has 1 atom stereocenters. The Morgan fingerprint density at radius 1 is 1.21 bits per heavy atom. The maximum atomic E-state index is 5.89. The third kappa shape index (κ3) is 2.58. The first-order valence-electron chi connectivity index (χ1n) is 6.50. The van der Waals surface area contributed by atoms with E-state index in [-0.39, 0.29) is 6.10 Å². The predicted molar refractivity (Wildman–Crippen MR) is 73.7 cm³/mol. The minimum Gasteiger partial charge on any atom is -0.384 e. The molecular formula is C15H17N3O. The van der Waals surface area contributed by atoms with Gasteiger partial charge in [-0.1, -0.05) is 30.3 Å². The molecule has 1 heterocycles. The summed E-state index contributed by atoms with van der Waals surface area (Å²) >= 11 is 0. The number of nitrogens with zero attached hydrogens (tertiary/aromatic N) is 2. The Kier molecular flexibility index (Phi) is 3.17. The fourth-order valence-corrected chi connectivity index (χ4v) is 2.23. The van der Waals surface area contributed by atoms with Crippen LogP contribution in [0.15, 0.2) is 36.4 Å². The van der Waals surface area contributed by atoms with Crippen molar-refractivity contribution >= 4 is 5.82 Å². The van der Waals surface area contributed by atoms with E-state index in [1.807, 2.05) is 36.4 Å². The molecule has 1 aromatic carbocycles. The minimum absolute atomic E-state index is 0.262. The van der Waals surface area contributed by atoms with Crippen molar-refractivity contribution in [3.05, 3.63) is 53.5 Å². The van der Waals surface area contributed by atoms with Gasteiger partial charge in [-0.15, -0.1) is 0 Å². The number of methoxy groups -OCH3 is 1. The van der Waals surface area contributed by atoms with Crippen LogP contribution in [0.25, 0.3) is 0 Å². The third-order valence-electron chi connectivity index (χ3n) is 3.35. The molecule has 1 aromatic heterocycles. The average Bonchev–Trinajstić information content (AvgIpc) is 3.24. The number of anilines is 1. The lowest BCUT2D eigenvalue weighted by molar-refractivity contribution is 0.129. The standard InChI is InChI=1S/C15H17N3O/c1-19-14(11-5-3-2-4-6-11)15-17-12(10-7-8-10)9-13(16)18-15/h2-6,9-10,14H,7-8H2,1H3,(H2,16,17,18). The van der Waals surface area contributed by atoms with Gasteiger partial charge in [0.25, 0.3) is 0 Å². The van der Waals surface area contributed by atoms with Crippen molar-refractivity contribution in [2.45, 2.75) is 24.9 Å². The Balaban J connectivity index is 1.99. The van der Waals surface area contributed by atoms with Crippen molar-refractivity contribution in [2.75, 3.05) is 12.8 Å². The summed E-state index contributed by atoms with van der Waals surface area (Å²) in [4.78, 5) is 8.96. The number of hydrogen-bond donors (Lipinski definition) is 1. The first kappa shape index (κ1) is 12.1. The molecule has 98 valence electrons. The van der Waals surface area contributed by atoms with Crippen LogP contribution in [0, 0.1) is 0 Å². The molecule has 19 heavy (non-hydrogen) atoms. The highest BCUT2D eigenvalue weighted by atomic mass is 16.5. The fraction of sp³-hybridized carbons (Fsp3) is 0.333. The van der Waals surface area contributed by atoms with Gasteiger partial charge in [-0.05, 0) is 18.4 Å². The van der Waals surface area contributed by atoms with Gasteiger partial charge in [0.2, 0.25) is 0 Å². The third-order valence-corrected chi connectivity index (χ3v) is 3.35. The van der Waals surface area contributed by atoms with Crippen LogP contribution in [-0.4, -0.2) is 17.1 Å². The topological polar surface area (TPSA) is 61.0 Å². The molecule has 0 aliphatic heterocycles. The van der Waals surface area contributed by atoms with Gasteiger partial charge in [0.15, 0.2) is 5.82 Å². The number of hydrogen-bond acceptors (Lipinski definition) is 4. The first-order valence-corrected chi connectivity index (χ1v) is 6.50. The Morgan fingerprint density at radius 2 is 1.95 bits per heavy atom. The summed E-state index contributed by atoms with van der Waals surface area (Å²) in [5.41, 5.74) is 7.97. The molecule has 0 spiro atoms. The predicted octanol–water partition coefficient (Wildman–Crippen LogP) is 2.67. The summed E-state index contributed by atoms with van der Waals surface area (Å²) in [5, 5.41) is 0. The van der Waals surface area contributed by atoms with E-state index < -0.39 is 0 Å². The Hall–Kier alpha value is -1.94. The van der Waals surface area contributed by atoms with E-state index in [2.05, 4.69) is 9.97 Å². The van der Waals surface area contributed by atoms with E-state index in [1.165, 1.54) is 12.8 Å². The normalized spacial score (nSPS) is 16.3. The van der Waals surface area contributed by atoms with Crippen LogP contribution in [0.3, 0.4) is 0 Å². The summed E-state index contributed by atoms with van der Waals surface area (Å²) in [6.07, 6.45) is 2.12. The smallest absolute Gasteiger partial charge is 0.164 e. The van der Waals surface area contributed by atoms with Crippen molar-refractivity contribution in [3.63, 3.8) is 0 Å². The summed E-state index contributed by atoms with van der Waals surface area (Å²) in [5.74, 6) is 1.72. The van der Waals surface area contributed by atoms with E-state index in [1.54, 1.807) is 7.11 Å². The summed E-state index contributed by atoms with van der Waals surface area (Å²) in [7, 11) is 1.67. The Morgan fingerprint density at radius 3 is 2.58 bits per heavy atom. The van der Waals surface area contributed by atoms with E-state index in [0.717, 1.165) is 11.3 Å². The molecule has 4 nitrogen and oxygen atoms in total. The summed E-state index contributed by atoms with van der Waals surface area (Å²) < 4.78 is 5.55. The monoisotopic (exact) mass is 255 g/mol. The van der Waals surface area contributed by atoms with Gasteiger partial charge in [0.1, 0.15) is 11.9 Å². The van der Waals surface area contributed by atoms with Crippen molar-refractivity contribution in [1.82, 2.24) is 9.97 Å². The van der Waals surface area contributed by atoms with Gasteiger partial charge in [-0.25, -0.2) is 9.97 Å². The van der Waals surface area contributed by atoms with Gasteiger partial charge >= 0.3 is 0 Å². The molecule has 0 saturated heterocycles. The van der Waals surface area contributed by atoms with Gasteiger partial charge in [-0.2, -0.15) is 0 Å². The lowest BCUT2D eigenvalue weighted by Crippen LogP contribution is -2.11. The molecule has 0 amide bonds. The molecule has 1 aliphatic carbocycles. The Labute approximate surface area is 112 Å². The zero-order chi connectivity index (χ0) is 13.2. The quantitative estimate of drug-likeness (QED) is 0.912. The van der Waals surface area contributed by atoms with Gasteiger partial charge in [0.05, 0.1) is 0 Å². The molecule has 2 N–H and O–H groups in total. The molecular weight excluding hydrogens is 238 g/mol. The van der Waals surface area contributed by atoms with Crippen molar-refractivity contribution < 1.29 is 4.74 Å². The second kappa shape index (κ2) is 4.97. The van der Waals surface area contributed by atoms with Crippen LogP contribution < -0.4 is 5.73 Å². The van der Waals surface area contributed by atoms with Crippen LogP contribution in [0.4, 0.5) is 5.82 Å². The van der Waals surface area contributed by atoms with E-state index in [9.17, 15) is 0 Å². The second-order valence-electron chi connectivity index (χ2n) is 4.88. The molecule has 3 rings (SSSR count). The van der Waals surface area contributed by atoms with E-state index in [0.29, 0.717) is 17.6 Å². The molecule has 1 saturated carbocycles. The first-order chi connectivity index (χ1) is 9.28. The van der Waals surface area contributed by atoms with Crippen LogP contribution in [0.1, 0.15) is 41.9 Å². The van der Waals surface area contributed by atoms with Gasteiger partial charge in [-0.3, -0.25) is 0 Å². The van der Waals surface area contributed by atoms with Crippen LogP contribution in [0.2, 0.25) is 0 Å². The van der Waals surface area contributed by atoms with Crippen LogP contribution in [-0.2, 0) is 4.74 Å². The lowest BCUT2D eigenvalue weighted by atomic mass is 10.1. The van der Waals surface area contributed by atoms with Gasteiger partial charge < -0.3 is 10.5 Å². The molecule has 1 unspecified atom stereocenters. The number of rotatable bonds is 4. The summed E-state index contributed by atoms with van der Waals surface area (Å²) in [6, 6.07) is 11.8. The van der Waals surface area contributed by atoms with Crippen LogP contribution in [0.5, 0.6) is 0 Å². The molecule has 1 aliphatic rings. The highest BCUT2D eigenvalue weighted by molar-refractivity contribution is 5.35. The summed E-state index contributed by atoms with van der Waals surface area (Å²) in [6.45, 7) is 0. The zero-order valence-corrected chi connectivity index (χ0v) is 10.9. The minimum atomic E-state index is -0.262. The number of nitrogens with two attached hydrogens (primary N) is 1.